The number of hydrogen-bond donors (Lipinski definition) is 1. The number of nitrogen functional groups attached to an aromatic ring is 1. The molecule has 21 heavy (non-hydrogen) atoms. The topological polar surface area (TPSA) is 65.2 Å². The maximum atomic E-state index is 5.96. The van der Waals surface area contributed by atoms with E-state index in [-0.39, 0.29) is 5.88 Å². The first-order chi connectivity index (χ1) is 9.99. The minimum absolute atomic E-state index is 0.282. The van der Waals surface area contributed by atoms with Crippen LogP contribution in [0.1, 0.15) is 17.1 Å². The molecule has 0 saturated heterocycles. The van der Waals surface area contributed by atoms with Gasteiger partial charge in [-0.2, -0.15) is 0 Å². The molecule has 0 unspecified atom stereocenters. The lowest BCUT2D eigenvalue weighted by molar-refractivity contribution is 0.439. The lowest BCUT2D eigenvalue weighted by Crippen LogP contribution is -1.89. The summed E-state index contributed by atoms with van der Waals surface area (Å²) in [6.07, 6.45) is 0. The molecule has 3 rings (SSSR count). The predicted molar refractivity (Wildman–Crippen MR) is 83.3 cm³/mol. The Hall–Kier alpha value is -2.20. The first kappa shape index (κ1) is 13.8. The number of aromatic nitrogens is 1. The summed E-state index contributed by atoms with van der Waals surface area (Å²) < 4.78 is 10.9. The molecule has 5 heteroatoms. The van der Waals surface area contributed by atoms with E-state index in [0.717, 1.165) is 33.8 Å². The molecule has 0 aliphatic rings. The Morgan fingerprint density at radius 2 is 1.67 bits per heavy atom. The molecule has 0 fully saturated rings. The average Bonchev–Trinajstić information content (AvgIpc) is 2.92. The molecule has 3 aromatic rings. The maximum Gasteiger partial charge on any atom is 0.230 e. The van der Waals surface area contributed by atoms with Crippen molar-refractivity contribution in [2.24, 2.45) is 0 Å². The number of hydrogen-bond acceptors (Lipinski definition) is 4. The molecule has 0 atom stereocenters. The number of anilines is 1. The third kappa shape index (κ3) is 2.21. The van der Waals surface area contributed by atoms with Crippen molar-refractivity contribution in [1.82, 2.24) is 5.16 Å². The Morgan fingerprint density at radius 1 is 1.00 bits per heavy atom. The SMILES string of the molecule is Cc1oc(C)c(-c2noc(N)c2-c2ccc(Cl)cc2)c1C. The molecule has 2 aromatic heterocycles. The molecule has 0 aliphatic carbocycles. The number of aryl methyl sites for hydroxylation is 2. The number of nitrogens with zero attached hydrogens (tertiary/aromatic N) is 1. The second-order valence-corrected chi connectivity index (χ2v) is 5.43. The summed E-state index contributed by atoms with van der Waals surface area (Å²) in [5.41, 5.74) is 10.3. The number of furan rings is 1. The van der Waals surface area contributed by atoms with Crippen LogP contribution in [0.2, 0.25) is 5.02 Å². The summed E-state index contributed by atoms with van der Waals surface area (Å²) in [6, 6.07) is 7.42. The van der Waals surface area contributed by atoms with E-state index in [9.17, 15) is 0 Å². The van der Waals surface area contributed by atoms with Crippen molar-refractivity contribution in [3.63, 3.8) is 0 Å². The van der Waals surface area contributed by atoms with E-state index >= 15 is 0 Å². The fraction of sp³-hybridized carbons (Fsp3) is 0.188. The zero-order valence-corrected chi connectivity index (χ0v) is 12.8. The highest BCUT2D eigenvalue weighted by Gasteiger charge is 2.23. The fourth-order valence-electron chi connectivity index (χ4n) is 2.51. The van der Waals surface area contributed by atoms with Crippen LogP contribution < -0.4 is 5.73 Å². The van der Waals surface area contributed by atoms with Gasteiger partial charge in [-0.15, -0.1) is 0 Å². The summed E-state index contributed by atoms with van der Waals surface area (Å²) >= 11 is 5.94. The van der Waals surface area contributed by atoms with Gasteiger partial charge in [0.15, 0.2) is 0 Å². The second kappa shape index (κ2) is 4.97. The lowest BCUT2D eigenvalue weighted by Gasteiger charge is -2.03. The third-order valence-corrected chi connectivity index (χ3v) is 3.90. The molecule has 0 spiro atoms. The molecule has 2 N–H and O–H groups in total. The van der Waals surface area contributed by atoms with Crippen molar-refractivity contribution in [2.75, 3.05) is 5.73 Å². The summed E-state index contributed by atoms with van der Waals surface area (Å²) in [5, 5.41) is 4.80. The van der Waals surface area contributed by atoms with E-state index in [2.05, 4.69) is 5.16 Å². The first-order valence-electron chi connectivity index (χ1n) is 6.57. The van der Waals surface area contributed by atoms with Crippen LogP contribution in [0.4, 0.5) is 5.88 Å². The van der Waals surface area contributed by atoms with Crippen LogP contribution in [0.25, 0.3) is 22.4 Å². The Kier molecular flexibility index (Phi) is 3.26. The largest absolute Gasteiger partial charge is 0.466 e. The van der Waals surface area contributed by atoms with Crippen LogP contribution in [0.3, 0.4) is 0 Å². The van der Waals surface area contributed by atoms with Crippen LogP contribution in [-0.4, -0.2) is 5.16 Å². The first-order valence-corrected chi connectivity index (χ1v) is 6.95. The smallest absolute Gasteiger partial charge is 0.230 e. The van der Waals surface area contributed by atoms with E-state index in [1.54, 1.807) is 0 Å². The highest BCUT2D eigenvalue weighted by atomic mass is 35.5. The third-order valence-electron chi connectivity index (χ3n) is 3.65. The van der Waals surface area contributed by atoms with Crippen LogP contribution >= 0.6 is 11.6 Å². The normalized spacial score (nSPS) is 11.0. The van der Waals surface area contributed by atoms with Crippen molar-refractivity contribution >= 4 is 17.5 Å². The van der Waals surface area contributed by atoms with E-state index in [1.165, 1.54) is 0 Å². The van der Waals surface area contributed by atoms with Crippen molar-refractivity contribution in [3.8, 4) is 22.4 Å². The Labute approximate surface area is 127 Å². The van der Waals surface area contributed by atoms with Crippen molar-refractivity contribution < 1.29 is 8.94 Å². The van der Waals surface area contributed by atoms with Crippen molar-refractivity contribution in [3.05, 3.63) is 46.4 Å². The maximum absolute atomic E-state index is 5.96. The van der Waals surface area contributed by atoms with Crippen LogP contribution in [0.5, 0.6) is 0 Å². The lowest BCUT2D eigenvalue weighted by atomic mass is 9.98. The summed E-state index contributed by atoms with van der Waals surface area (Å²) in [5.74, 6) is 1.95. The minimum atomic E-state index is 0.282. The molecule has 0 bridgehead atoms. The van der Waals surface area contributed by atoms with Gasteiger partial charge in [0.05, 0.1) is 5.56 Å². The summed E-state index contributed by atoms with van der Waals surface area (Å²) in [4.78, 5) is 0. The Balaban J connectivity index is 2.24. The van der Waals surface area contributed by atoms with Gasteiger partial charge in [-0.1, -0.05) is 28.9 Å². The minimum Gasteiger partial charge on any atom is -0.466 e. The van der Waals surface area contributed by atoms with E-state index in [1.807, 2.05) is 45.0 Å². The molecule has 1 aromatic carbocycles. The van der Waals surface area contributed by atoms with Gasteiger partial charge < -0.3 is 14.7 Å². The molecular formula is C16H15ClN2O2. The quantitative estimate of drug-likeness (QED) is 0.741. The fourth-order valence-corrected chi connectivity index (χ4v) is 2.64. The van der Waals surface area contributed by atoms with Gasteiger partial charge in [-0.25, -0.2) is 0 Å². The Bertz CT molecular complexity index is 801. The van der Waals surface area contributed by atoms with Crippen LogP contribution in [0.15, 0.2) is 33.2 Å². The van der Waals surface area contributed by atoms with Gasteiger partial charge in [0.2, 0.25) is 5.88 Å². The van der Waals surface area contributed by atoms with Crippen molar-refractivity contribution in [2.45, 2.75) is 20.8 Å². The van der Waals surface area contributed by atoms with E-state index in [0.29, 0.717) is 10.7 Å². The van der Waals surface area contributed by atoms with Gasteiger partial charge >= 0.3 is 0 Å². The van der Waals surface area contributed by atoms with Gasteiger partial charge in [-0.05, 0) is 44.0 Å². The molecular weight excluding hydrogens is 288 g/mol. The van der Waals surface area contributed by atoms with E-state index in [4.69, 9.17) is 26.3 Å². The van der Waals surface area contributed by atoms with Gasteiger partial charge in [-0.3, -0.25) is 0 Å². The van der Waals surface area contributed by atoms with Gasteiger partial charge in [0.25, 0.3) is 0 Å². The van der Waals surface area contributed by atoms with E-state index < -0.39 is 0 Å². The molecule has 0 amide bonds. The highest BCUT2D eigenvalue weighted by molar-refractivity contribution is 6.30. The summed E-state index contributed by atoms with van der Waals surface area (Å²) in [7, 11) is 0. The number of halogens is 1. The predicted octanol–water partition coefficient (Wildman–Crippen LogP) is 4.76. The average molecular weight is 303 g/mol. The van der Waals surface area contributed by atoms with Crippen LogP contribution in [-0.2, 0) is 0 Å². The number of nitrogens with two attached hydrogens (primary N) is 1. The highest BCUT2D eigenvalue weighted by Crippen LogP contribution is 2.40. The number of benzene rings is 1. The molecule has 2 heterocycles. The molecule has 0 aliphatic heterocycles. The van der Waals surface area contributed by atoms with Crippen molar-refractivity contribution in [1.29, 1.82) is 0 Å². The molecule has 108 valence electrons. The zero-order chi connectivity index (χ0) is 15.1. The number of rotatable bonds is 2. The molecule has 0 radical (unpaired) electrons. The monoisotopic (exact) mass is 302 g/mol. The van der Waals surface area contributed by atoms with Gasteiger partial charge in [0.1, 0.15) is 17.2 Å². The summed E-state index contributed by atoms with van der Waals surface area (Å²) in [6.45, 7) is 5.83. The second-order valence-electron chi connectivity index (χ2n) is 4.99. The standard InChI is InChI=1S/C16H15ClN2O2/c1-8-9(2)20-10(3)13(8)15-14(16(18)21-19-15)11-4-6-12(17)7-5-11/h4-7H,18H2,1-3H3. The Morgan fingerprint density at radius 3 is 2.24 bits per heavy atom. The molecule has 0 saturated carbocycles. The van der Waals surface area contributed by atoms with Gasteiger partial charge in [0, 0.05) is 10.6 Å². The molecule has 4 nitrogen and oxygen atoms in total. The zero-order valence-electron chi connectivity index (χ0n) is 12.0. The van der Waals surface area contributed by atoms with Crippen LogP contribution in [0, 0.1) is 20.8 Å².